The minimum Gasteiger partial charge on any atom is -0.494 e. The van der Waals surface area contributed by atoms with E-state index in [1.165, 1.54) is 6.20 Å². The Bertz CT molecular complexity index is 1180. The van der Waals surface area contributed by atoms with E-state index in [0.29, 0.717) is 25.5 Å². The number of fused-ring (bicyclic) bond motifs is 1. The number of nitrogens with two attached hydrogens (primary N) is 1. The van der Waals surface area contributed by atoms with Crippen molar-refractivity contribution in [1.29, 1.82) is 0 Å². The van der Waals surface area contributed by atoms with Crippen LogP contribution in [0, 0.1) is 0 Å². The molecule has 0 spiro atoms. The van der Waals surface area contributed by atoms with Gasteiger partial charge in [0.05, 0.1) is 24.8 Å². The van der Waals surface area contributed by atoms with Gasteiger partial charge in [-0.15, -0.1) is 0 Å². The fourth-order valence-electron chi connectivity index (χ4n) is 3.61. The van der Waals surface area contributed by atoms with Gasteiger partial charge in [-0.25, -0.2) is 4.98 Å². The second-order valence-electron chi connectivity index (χ2n) is 7.64. The van der Waals surface area contributed by atoms with E-state index in [9.17, 15) is 4.79 Å². The smallest absolute Gasteiger partial charge is 0.268 e. The van der Waals surface area contributed by atoms with Gasteiger partial charge in [-0.2, -0.15) is 0 Å². The van der Waals surface area contributed by atoms with Crippen molar-refractivity contribution in [2.45, 2.75) is 32.0 Å². The van der Waals surface area contributed by atoms with Gasteiger partial charge in [0.1, 0.15) is 17.3 Å². The Morgan fingerprint density at radius 3 is 2.75 bits per heavy atom. The summed E-state index contributed by atoms with van der Waals surface area (Å²) in [6, 6.07) is 19.7. The molecule has 0 saturated carbocycles. The average molecular weight is 431 g/mol. The van der Waals surface area contributed by atoms with Crippen molar-refractivity contribution in [2.75, 3.05) is 6.61 Å². The number of hydrogen-bond donors (Lipinski definition) is 2. The van der Waals surface area contributed by atoms with E-state index in [-0.39, 0.29) is 17.7 Å². The predicted octanol–water partition coefficient (Wildman–Crippen LogP) is 4.21. The number of aromatic amines is 1. The summed E-state index contributed by atoms with van der Waals surface area (Å²) in [5, 5.41) is 1.03. The number of hydrogen-bond acceptors (Lipinski definition) is 5. The van der Waals surface area contributed by atoms with Crippen molar-refractivity contribution in [3.05, 3.63) is 90.1 Å². The maximum atomic E-state index is 11.5. The number of aromatic nitrogens is 3. The summed E-state index contributed by atoms with van der Waals surface area (Å²) >= 11 is 0. The average Bonchev–Trinajstić information content (AvgIpc) is 3.31. The Labute approximate surface area is 186 Å². The molecule has 2 aromatic heterocycles. The first-order valence-electron chi connectivity index (χ1n) is 10.6. The molecule has 4 aromatic rings. The molecule has 0 aliphatic rings. The van der Waals surface area contributed by atoms with E-state index in [4.69, 9.17) is 15.2 Å². The van der Waals surface area contributed by atoms with Crippen LogP contribution < -0.4 is 10.5 Å². The van der Waals surface area contributed by atoms with E-state index < -0.39 is 5.91 Å². The number of nitrogens with zero attached hydrogens (tertiary/aromatic N) is 2. The number of ether oxygens (including phenoxy) is 2. The molecule has 4 rings (SSSR count). The van der Waals surface area contributed by atoms with E-state index in [1.54, 1.807) is 6.20 Å². The van der Waals surface area contributed by atoms with Crippen molar-refractivity contribution in [1.82, 2.24) is 15.0 Å². The molecule has 164 valence electrons. The van der Waals surface area contributed by atoms with Crippen molar-refractivity contribution >= 4 is 16.8 Å². The largest absolute Gasteiger partial charge is 0.494 e. The summed E-state index contributed by atoms with van der Waals surface area (Å²) in [4.78, 5) is 23.3. The highest BCUT2D eigenvalue weighted by Gasteiger charge is 2.24. The molecule has 0 radical (unpaired) electrons. The van der Waals surface area contributed by atoms with Crippen LogP contribution in [-0.4, -0.2) is 33.6 Å². The minimum atomic E-state index is -0.565. The molecule has 7 nitrogen and oxygen atoms in total. The number of primary amides is 1. The van der Waals surface area contributed by atoms with Gasteiger partial charge >= 0.3 is 0 Å². The number of benzene rings is 2. The summed E-state index contributed by atoms with van der Waals surface area (Å²) in [5.41, 5.74) is 7.61. The van der Waals surface area contributed by atoms with Crippen molar-refractivity contribution in [3.63, 3.8) is 0 Å². The molecular weight excluding hydrogens is 404 g/mol. The summed E-state index contributed by atoms with van der Waals surface area (Å²) in [5.74, 6) is 0.768. The summed E-state index contributed by atoms with van der Waals surface area (Å²) in [6.07, 6.45) is 3.79. The van der Waals surface area contributed by atoms with Crippen LogP contribution in [-0.2, 0) is 11.3 Å². The number of amides is 1. The van der Waals surface area contributed by atoms with Gasteiger partial charge in [0.25, 0.3) is 5.91 Å². The molecule has 0 bridgehead atoms. The normalized spacial score (nSPS) is 13.0. The number of H-pyrrole nitrogens is 1. The summed E-state index contributed by atoms with van der Waals surface area (Å²) in [6.45, 7) is 2.95. The van der Waals surface area contributed by atoms with Crippen LogP contribution in [0.3, 0.4) is 0 Å². The lowest BCUT2D eigenvalue weighted by Crippen LogP contribution is -2.23. The third kappa shape index (κ3) is 5.31. The molecule has 7 heteroatoms. The zero-order valence-corrected chi connectivity index (χ0v) is 17.9. The van der Waals surface area contributed by atoms with Crippen molar-refractivity contribution in [2.24, 2.45) is 5.73 Å². The van der Waals surface area contributed by atoms with Gasteiger partial charge < -0.3 is 20.2 Å². The van der Waals surface area contributed by atoms with Crippen LogP contribution in [0.25, 0.3) is 10.9 Å². The second kappa shape index (κ2) is 10.1. The minimum absolute atomic E-state index is 0.103. The first-order valence-corrected chi connectivity index (χ1v) is 10.6. The number of imidazole rings is 1. The van der Waals surface area contributed by atoms with Gasteiger partial charge in [0.15, 0.2) is 0 Å². The lowest BCUT2D eigenvalue weighted by molar-refractivity contribution is 0.0277. The fraction of sp³-hybridized carbons (Fsp3) is 0.240. The number of carbonyl (C=O) groups excluding carboxylic acids is 1. The Morgan fingerprint density at radius 2 is 1.97 bits per heavy atom. The number of nitrogens with one attached hydrogen (secondary N) is 1. The maximum Gasteiger partial charge on any atom is 0.268 e. The van der Waals surface area contributed by atoms with Gasteiger partial charge in [-0.05, 0) is 43.2 Å². The van der Waals surface area contributed by atoms with Crippen molar-refractivity contribution < 1.29 is 14.3 Å². The third-order valence-electron chi connectivity index (χ3n) is 5.40. The Hall–Kier alpha value is -3.71. The molecule has 2 atom stereocenters. The van der Waals surface area contributed by atoms with Crippen molar-refractivity contribution in [3.8, 4) is 5.75 Å². The Kier molecular flexibility index (Phi) is 6.77. The first-order chi connectivity index (χ1) is 15.6. The molecule has 0 aliphatic carbocycles. The summed E-state index contributed by atoms with van der Waals surface area (Å²) in [7, 11) is 0. The van der Waals surface area contributed by atoms with Crippen LogP contribution in [0.15, 0.2) is 73.1 Å². The zero-order valence-electron chi connectivity index (χ0n) is 17.9. The van der Waals surface area contributed by atoms with Crippen LogP contribution in [0.1, 0.15) is 41.1 Å². The van der Waals surface area contributed by atoms with Crippen LogP contribution in [0.5, 0.6) is 5.75 Å². The highest BCUT2D eigenvalue weighted by molar-refractivity contribution is 5.90. The lowest BCUT2D eigenvalue weighted by Gasteiger charge is -2.23. The van der Waals surface area contributed by atoms with E-state index in [1.807, 2.05) is 67.6 Å². The quantitative estimate of drug-likeness (QED) is 0.392. The third-order valence-corrected chi connectivity index (χ3v) is 5.40. The van der Waals surface area contributed by atoms with Crippen LogP contribution in [0.2, 0.25) is 0 Å². The molecule has 3 N–H and O–H groups in total. The number of pyridine rings is 1. The molecule has 0 unspecified atom stereocenters. The molecule has 32 heavy (non-hydrogen) atoms. The Balaban J connectivity index is 1.44. The first kappa shape index (κ1) is 21.5. The van der Waals surface area contributed by atoms with Crippen LogP contribution >= 0.6 is 0 Å². The molecule has 0 fully saturated rings. The maximum absolute atomic E-state index is 11.5. The predicted molar refractivity (Wildman–Crippen MR) is 122 cm³/mol. The molecule has 0 saturated heterocycles. The topological polar surface area (TPSA) is 103 Å². The van der Waals surface area contributed by atoms with Gasteiger partial charge in [-0.1, -0.05) is 36.4 Å². The molecule has 0 aliphatic heterocycles. The monoisotopic (exact) mass is 430 g/mol. The number of rotatable bonds is 10. The zero-order chi connectivity index (χ0) is 22.3. The molecule has 2 heterocycles. The summed E-state index contributed by atoms with van der Waals surface area (Å²) < 4.78 is 12.2. The van der Waals surface area contributed by atoms with E-state index >= 15 is 0 Å². The number of carbonyl (C=O) groups is 1. The lowest BCUT2D eigenvalue weighted by atomic mass is 9.99. The van der Waals surface area contributed by atoms with Gasteiger partial charge in [0, 0.05) is 23.7 Å². The van der Waals surface area contributed by atoms with E-state index in [2.05, 4.69) is 15.0 Å². The fourth-order valence-corrected chi connectivity index (χ4v) is 3.61. The highest BCUT2D eigenvalue weighted by Crippen LogP contribution is 2.26. The molecule has 2 aromatic carbocycles. The SMILES string of the molecule is C[C@H](OCc1ccccc1)[C@H](CCOc1ccc2ncccc2c1)c1nc(C(N)=O)c[nH]1. The second-order valence-corrected chi connectivity index (χ2v) is 7.64. The van der Waals surface area contributed by atoms with Crippen LogP contribution in [0.4, 0.5) is 0 Å². The molecular formula is C25H26N4O3. The van der Waals surface area contributed by atoms with Gasteiger partial charge in [0.2, 0.25) is 0 Å². The van der Waals surface area contributed by atoms with E-state index in [0.717, 1.165) is 22.2 Å². The standard InChI is InChI=1S/C25H26N4O3/c1-17(32-16-18-6-3-2-4-7-18)21(25-28-15-23(29-25)24(26)30)11-13-31-20-9-10-22-19(14-20)8-5-12-27-22/h2-10,12,14-15,17,21H,11,13,16H2,1H3,(H2,26,30)(H,28,29)/t17-,21-/m0/s1. The highest BCUT2D eigenvalue weighted by atomic mass is 16.5. The molecule has 1 amide bonds. The van der Waals surface area contributed by atoms with Gasteiger partial charge in [-0.3, -0.25) is 9.78 Å². The Morgan fingerprint density at radius 1 is 1.12 bits per heavy atom.